The van der Waals surface area contributed by atoms with Crippen molar-refractivity contribution in [1.82, 2.24) is 4.98 Å². The summed E-state index contributed by atoms with van der Waals surface area (Å²) in [5, 5.41) is 11.7. The quantitative estimate of drug-likeness (QED) is 0.295. The van der Waals surface area contributed by atoms with Crippen molar-refractivity contribution in [3.05, 3.63) is 83.0 Å². The van der Waals surface area contributed by atoms with Crippen molar-refractivity contribution in [2.24, 2.45) is 10.2 Å². The van der Waals surface area contributed by atoms with Crippen LogP contribution in [0.15, 0.2) is 83.2 Å². The maximum Gasteiger partial charge on any atom is 0.109 e. The van der Waals surface area contributed by atoms with Crippen LogP contribution in [0.25, 0.3) is 22.0 Å². The van der Waals surface area contributed by atoms with Gasteiger partial charge in [-0.2, -0.15) is 0 Å². The molecule has 0 saturated carbocycles. The summed E-state index contributed by atoms with van der Waals surface area (Å²) in [6, 6.07) is 20.7. The molecule has 3 aromatic carbocycles. The number of nitrogens with two attached hydrogens (primary N) is 1. The number of pyridine rings is 1. The topological polar surface area (TPSA) is 63.6 Å². The van der Waals surface area contributed by atoms with E-state index in [0.717, 1.165) is 22.0 Å². The molecule has 4 nitrogen and oxygen atoms in total. The molecule has 0 saturated heterocycles. The van der Waals surface area contributed by atoms with Gasteiger partial charge in [0.25, 0.3) is 0 Å². The first-order valence-corrected chi connectivity index (χ1v) is 8.98. The van der Waals surface area contributed by atoms with Crippen LogP contribution in [0, 0.1) is 0 Å². The number of anilines is 1. The van der Waals surface area contributed by atoms with Crippen molar-refractivity contribution in [2.45, 2.75) is 0 Å². The lowest BCUT2D eigenvalue weighted by atomic mass is 10.1. The van der Waals surface area contributed by atoms with E-state index in [9.17, 15) is 0 Å². The highest BCUT2D eigenvalue weighted by Gasteiger charge is 2.06. The first-order chi connectivity index (χ1) is 13.1. The molecule has 1 aromatic heterocycles. The van der Waals surface area contributed by atoms with Crippen molar-refractivity contribution in [3.63, 3.8) is 0 Å². The van der Waals surface area contributed by atoms with Crippen LogP contribution in [0.4, 0.5) is 17.1 Å². The van der Waals surface area contributed by atoms with Gasteiger partial charge in [0, 0.05) is 16.0 Å². The molecule has 0 bridgehead atoms. The number of hydrogen-bond acceptors (Lipinski definition) is 4. The molecule has 0 aliphatic carbocycles. The SMILES string of the molecule is Nc1c(N=Nc2ccc(-c3ccc(Cl)cc3Cl)nc2)ccc2ccccc12. The lowest BCUT2D eigenvalue weighted by molar-refractivity contribution is 1.20. The third kappa shape index (κ3) is 3.63. The fraction of sp³-hybridized carbons (Fsp3) is 0. The van der Waals surface area contributed by atoms with Crippen LogP contribution < -0.4 is 5.73 Å². The summed E-state index contributed by atoms with van der Waals surface area (Å²) in [6.07, 6.45) is 1.64. The average molecular weight is 393 g/mol. The minimum atomic E-state index is 0.549. The molecule has 0 amide bonds. The molecule has 27 heavy (non-hydrogen) atoms. The van der Waals surface area contributed by atoms with Gasteiger partial charge < -0.3 is 5.73 Å². The van der Waals surface area contributed by atoms with Gasteiger partial charge >= 0.3 is 0 Å². The molecule has 4 rings (SSSR count). The van der Waals surface area contributed by atoms with Crippen molar-refractivity contribution >= 4 is 51.0 Å². The number of fused-ring (bicyclic) bond motifs is 1. The second kappa shape index (κ2) is 7.35. The smallest absolute Gasteiger partial charge is 0.109 e. The molecule has 0 spiro atoms. The van der Waals surface area contributed by atoms with E-state index in [1.807, 2.05) is 54.6 Å². The lowest BCUT2D eigenvalue weighted by Crippen LogP contribution is -1.87. The van der Waals surface area contributed by atoms with Crippen LogP contribution >= 0.6 is 23.2 Å². The Hall–Kier alpha value is -2.95. The van der Waals surface area contributed by atoms with E-state index in [1.54, 1.807) is 18.3 Å². The Morgan fingerprint density at radius 3 is 2.48 bits per heavy atom. The maximum absolute atomic E-state index is 6.23. The molecular formula is C21H14Cl2N4. The van der Waals surface area contributed by atoms with Crippen LogP contribution in [-0.4, -0.2) is 4.98 Å². The van der Waals surface area contributed by atoms with E-state index in [1.165, 1.54) is 0 Å². The molecule has 0 atom stereocenters. The third-order valence-electron chi connectivity index (χ3n) is 4.18. The van der Waals surface area contributed by atoms with E-state index in [0.29, 0.717) is 27.1 Å². The fourth-order valence-electron chi connectivity index (χ4n) is 2.78. The van der Waals surface area contributed by atoms with Crippen LogP contribution in [-0.2, 0) is 0 Å². The van der Waals surface area contributed by atoms with Gasteiger partial charge in [-0.1, -0.05) is 53.5 Å². The lowest BCUT2D eigenvalue weighted by Gasteiger charge is -2.05. The molecule has 6 heteroatoms. The summed E-state index contributed by atoms with van der Waals surface area (Å²) in [4.78, 5) is 4.41. The number of nitrogens with zero attached hydrogens (tertiary/aromatic N) is 3. The number of rotatable bonds is 3. The minimum absolute atomic E-state index is 0.549. The third-order valence-corrected chi connectivity index (χ3v) is 4.72. The number of hydrogen-bond donors (Lipinski definition) is 1. The molecule has 0 aliphatic rings. The van der Waals surface area contributed by atoms with Gasteiger partial charge in [0.2, 0.25) is 0 Å². The van der Waals surface area contributed by atoms with Crippen molar-refractivity contribution < 1.29 is 0 Å². The maximum atomic E-state index is 6.23. The molecule has 0 unspecified atom stereocenters. The normalized spacial score (nSPS) is 11.3. The molecule has 0 fully saturated rings. The Morgan fingerprint density at radius 1 is 0.852 bits per heavy atom. The Balaban J connectivity index is 1.61. The van der Waals surface area contributed by atoms with Crippen LogP contribution in [0.5, 0.6) is 0 Å². The molecule has 4 aromatic rings. The highest BCUT2D eigenvalue weighted by molar-refractivity contribution is 6.36. The summed E-state index contributed by atoms with van der Waals surface area (Å²) in [5.41, 5.74) is 9.61. The molecule has 132 valence electrons. The second-order valence-corrected chi connectivity index (χ2v) is 6.79. The van der Waals surface area contributed by atoms with Gasteiger partial charge in [0.15, 0.2) is 0 Å². The van der Waals surface area contributed by atoms with Gasteiger partial charge in [-0.25, -0.2) is 0 Å². The Bertz CT molecular complexity index is 1150. The number of halogens is 2. The Kier molecular flexibility index (Phi) is 4.75. The first kappa shape index (κ1) is 17.5. The molecule has 0 aliphatic heterocycles. The minimum Gasteiger partial charge on any atom is -0.396 e. The molecule has 0 radical (unpaired) electrons. The highest BCUT2D eigenvalue weighted by atomic mass is 35.5. The molecule has 1 heterocycles. The highest BCUT2D eigenvalue weighted by Crippen LogP contribution is 2.33. The summed E-state index contributed by atoms with van der Waals surface area (Å²) < 4.78 is 0. The number of aromatic nitrogens is 1. The zero-order valence-electron chi connectivity index (χ0n) is 14.1. The predicted octanol–water partition coefficient (Wildman–Crippen LogP) is 7.21. The van der Waals surface area contributed by atoms with Crippen LogP contribution in [0.2, 0.25) is 10.0 Å². The van der Waals surface area contributed by atoms with Gasteiger partial charge in [-0.3, -0.25) is 4.98 Å². The Morgan fingerprint density at radius 2 is 1.70 bits per heavy atom. The van der Waals surface area contributed by atoms with Crippen molar-refractivity contribution in [1.29, 1.82) is 0 Å². The number of nitrogen functional groups attached to an aromatic ring is 1. The Labute approximate surface area is 166 Å². The second-order valence-electron chi connectivity index (χ2n) is 5.95. The summed E-state index contributed by atoms with van der Waals surface area (Å²) >= 11 is 12.2. The number of azo groups is 1. The molecular weight excluding hydrogens is 379 g/mol. The predicted molar refractivity (Wildman–Crippen MR) is 112 cm³/mol. The van der Waals surface area contributed by atoms with E-state index in [4.69, 9.17) is 28.9 Å². The van der Waals surface area contributed by atoms with Crippen LogP contribution in [0.1, 0.15) is 0 Å². The standard InChI is InChI=1S/C21H14Cl2N4/c22-14-6-8-17(18(23)11-14)19-10-7-15(12-25-19)26-27-20-9-5-13-3-1-2-4-16(13)21(20)24/h1-12H,24H2. The fourth-order valence-corrected chi connectivity index (χ4v) is 3.29. The number of benzene rings is 3. The summed E-state index contributed by atoms with van der Waals surface area (Å²) in [5.74, 6) is 0. The van der Waals surface area contributed by atoms with Crippen molar-refractivity contribution in [2.75, 3.05) is 5.73 Å². The van der Waals surface area contributed by atoms with Gasteiger partial charge in [-0.15, -0.1) is 10.2 Å². The van der Waals surface area contributed by atoms with E-state index in [2.05, 4.69) is 15.2 Å². The van der Waals surface area contributed by atoms with E-state index in [-0.39, 0.29) is 0 Å². The zero-order chi connectivity index (χ0) is 18.8. The largest absolute Gasteiger partial charge is 0.396 e. The zero-order valence-corrected chi connectivity index (χ0v) is 15.6. The first-order valence-electron chi connectivity index (χ1n) is 8.22. The monoisotopic (exact) mass is 392 g/mol. The average Bonchev–Trinajstić information content (AvgIpc) is 2.68. The summed E-state index contributed by atoms with van der Waals surface area (Å²) in [7, 11) is 0. The van der Waals surface area contributed by atoms with Crippen LogP contribution in [0.3, 0.4) is 0 Å². The van der Waals surface area contributed by atoms with E-state index < -0.39 is 0 Å². The van der Waals surface area contributed by atoms with Gasteiger partial charge in [0.1, 0.15) is 11.4 Å². The van der Waals surface area contributed by atoms with Crippen molar-refractivity contribution in [3.8, 4) is 11.3 Å². The molecule has 2 N–H and O–H groups in total. The van der Waals surface area contributed by atoms with E-state index >= 15 is 0 Å². The van der Waals surface area contributed by atoms with Gasteiger partial charge in [-0.05, 0) is 41.8 Å². The van der Waals surface area contributed by atoms with Gasteiger partial charge in [0.05, 0.1) is 22.6 Å². The summed E-state index contributed by atoms with van der Waals surface area (Å²) in [6.45, 7) is 0.